The highest BCUT2D eigenvalue weighted by molar-refractivity contribution is 5.96. The van der Waals surface area contributed by atoms with Crippen LogP contribution in [0.4, 0.5) is 0 Å². The molecule has 2 atom stereocenters. The summed E-state index contributed by atoms with van der Waals surface area (Å²) in [6, 6.07) is -0.669. The molecule has 0 radical (unpaired) electrons. The summed E-state index contributed by atoms with van der Waals surface area (Å²) in [6.45, 7) is 4.30. The maximum absolute atomic E-state index is 12.0. The second-order valence-electron chi connectivity index (χ2n) is 5.73. The average molecular weight is 252 g/mol. The van der Waals surface area contributed by atoms with Crippen LogP contribution in [0.1, 0.15) is 52.4 Å². The van der Waals surface area contributed by atoms with Gasteiger partial charge in [-0.3, -0.25) is 9.59 Å². The number of rotatable bonds is 4. The van der Waals surface area contributed by atoms with Crippen molar-refractivity contribution in [3.63, 3.8) is 0 Å². The number of nitrogens with zero attached hydrogens (tertiary/aromatic N) is 1. The van der Waals surface area contributed by atoms with Gasteiger partial charge in [0.1, 0.15) is 12.1 Å². The molecule has 0 spiro atoms. The fourth-order valence-electron chi connectivity index (χ4n) is 3.13. The third kappa shape index (κ3) is 2.85. The van der Waals surface area contributed by atoms with Gasteiger partial charge in [-0.15, -0.1) is 0 Å². The molecule has 102 valence electrons. The molecule has 2 aliphatic rings. The molecular formula is C14H24N2O2. The van der Waals surface area contributed by atoms with Gasteiger partial charge in [0.15, 0.2) is 0 Å². The summed E-state index contributed by atoms with van der Waals surface area (Å²) in [5, 5.41) is 2.71. The van der Waals surface area contributed by atoms with Crippen molar-refractivity contribution in [3.8, 4) is 0 Å². The van der Waals surface area contributed by atoms with Gasteiger partial charge in [0, 0.05) is 6.54 Å². The van der Waals surface area contributed by atoms with Crippen molar-refractivity contribution >= 4 is 11.8 Å². The smallest absolute Gasteiger partial charge is 0.245 e. The Bertz CT molecular complexity index is 324. The molecular weight excluding hydrogens is 228 g/mol. The van der Waals surface area contributed by atoms with Crippen LogP contribution in [0, 0.1) is 5.92 Å². The SMILES string of the molecule is CC1NC(=O)C(C)N(CCCC2CCCC2)C1=O. The molecule has 4 heteroatoms. The van der Waals surface area contributed by atoms with Gasteiger partial charge in [0.2, 0.25) is 11.8 Å². The van der Waals surface area contributed by atoms with E-state index in [1.807, 2.05) is 6.92 Å². The van der Waals surface area contributed by atoms with E-state index < -0.39 is 0 Å². The lowest BCUT2D eigenvalue weighted by Gasteiger charge is -2.36. The number of amides is 2. The Labute approximate surface area is 109 Å². The van der Waals surface area contributed by atoms with E-state index in [9.17, 15) is 9.59 Å². The lowest BCUT2D eigenvalue weighted by molar-refractivity contribution is -0.148. The van der Waals surface area contributed by atoms with Gasteiger partial charge in [-0.1, -0.05) is 25.7 Å². The second kappa shape index (κ2) is 5.72. The Hall–Kier alpha value is -1.06. The lowest BCUT2D eigenvalue weighted by Crippen LogP contribution is -2.61. The van der Waals surface area contributed by atoms with Crippen LogP contribution in [0.15, 0.2) is 0 Å². The van der Waals surface area contributed by atoms with Crippen molar-refractivity contribution in [2.75, 3.05) is 6.54 Å². The third-order valence-electron chi connectivity index (χ3n) is 4.35. The van der Waals surface area contributed by atoms with E-state index in [0.29, 0.717) is 0 Å². The zero-order chi connectivity index (χ0) is 13.1. The van der Waals surface area contributed by atoms with Crippen LogP contribution in [0.3, 0.4) is 0 Å². The van der Waals surface area contributed by atoms with Crippen LogP contribution in [0.5, 0.6) is 0 Å². The van der Waals surface area contributed by atoms with E-state index >= 15 is 0 Å². The largest absolute Gasteiger partial charge is 0.343 e. The minimum Gasteiger partial charge on any atom is -0.343 e. The lowest BCUT2D eigenvalue weighted by atomic mass is 10.0. The summed E-state index contributed by atoms with van der Waals surface area (Å²) in [5.74, 6) is 0.892. The highest BCUT2D eigenvalue weighted by Crippen LogP contribution is 2.28. The first kappa shape index (κ1) is 13.4. The predicted molar refractivity (Wildman–Crippen MR) is 70.0 cm³/mol. The monoisotopic (exact) mass is 252 g/mol. The third-order valence-corrected chi connectivity index (χ3v) is 4.35. The number of hydrogen-bond donors (Lipinski definition) is 1. The van der Waals surface area contributed by atoms with Gasteiger partial charge in [0.25, 0.3) is 0 Å². The van der Waals surface area contributed by atoms with Crippen LogP contribution >= 0.6 is 0 Å². The van der Waals surface area contributed by atoms with Crippen molar-refractivity contribution in [2.24, 2.45) is 5.92 Å². The molecule has 1 saturated carbocycles. The van der Waals surface area contributed by atoms with Crippen LogP contribution < -0.4 is 5.32 Å². The molecule has 0 aromatic heterocycles. The number of carbonyl (C=O) groups is 2. The number of hydrogen-bond acceptors (Lipinski definition) is 2. The molecule has 0 aromatic rings. The Morgan fingerprint density at radius 2 is 1.89 bits per heavy atom. The fourth-order valence-corrected chi connectivity index (χ4v) is 3.13. The number of carbonyl (C=O) groups excluding carboxylic acids is 2. The molecule has 4 nitrogen and oxygen atoms in total. The van der Waals surface area contributed by atoms with Crippen molar-refractivity contribution in [3.05, 3.63) is 0 Å². The van der Waals surface area contributed by atoms with Crippen molar-refractivity contribution in [1.29, 1.82) is 0 Å². The normalized spacial score (nSPS) is 29.8. The molecule has 1 saturated heterocycles. The van der Waals surface area contributed by atoms with Gasteiger partial charge in [-0.05, 0) is 32.6 Å². The first-order valence-corrected chi connectivity index (χ1v) is 7.20. The van der Waals surface area contributed by atoms with Crippen LogP contribution in [0.25, 0.3) is 0 Å². The van der Waals surface area contributed by atoms with Crippen LogP contribution in [-0.4, -0.2) is 35.3 Å². The standard InChI is InChI=1S/C14H24N2O2/c1-10-14(18)16(11(2)13(17)15-10)9-5-8-12-6-3-4-7-12/h10-12H,3-9H2,1-2H3,(H,15,17). The summed E-state index contributed by atoms with van der Waals surface area (Å²) in [4.78, 5) is 25.4. The first-order valence-electron chi connectivity index (χ1n) is 7.20. The molecule has 0 bridgehead atoms. The predicted octanol–water partition coefficient (Wildman–Crippen LogP) is 1.69. The van der Waals surface area contributed by atoms with E-state index in [4.69, 9.17) is 0 Å². The summed E-state index contributed by atoms with van der Waals surface area (Å²) in [5.41, 5.74) is 0. The Morgan fingerprint density at radius 1 is 1.22 bits per heavy atom. The maximum atomic E-state index is 12.0. The van der Waals surface area contributed by atoms with Crippen molar-refractivity contribution in [2.45, 2.75) is 64.5 Å². The van der Waals surface area contributed by atoms with E-state index in [1.165, 1.54) is 32.1 Å². The van der Waals surface area contributed by atoms with Gasteiger partial charge >= 0.3 is 0 Å². The molecule has 1 aliphatic carbocycles. The molecule has 2 unspecified atom stereocenters. The zero-order valence-corrected chi connectivity index (χ0v) is 11.4. The van der Waals surface area contributed by atoms with E-state index in [-0.39, 0.29) is 23.9 Å². The van der Waals surface area contributed by atoms with Crippen molar-refractivity contribution in [1.82, 2.24) is 10.2 Å². The van der Waals surface area contributed by atoms with Gasteiger partial charge in [0.05, 0.1) is 0 Å². The summed E-state index contributed by atoms with van der Waals surface area (Å²) < 4.78 is 0. The molecule has 1 aliphatic heterocycles. The average Bonchev–Trinajstić information content (AvgIpc) is 2.84. The number of nitrogens with one attached hydrogen (secondary N) is 1. The minimum absolute atomic E-state index is 0.0250. The highest BCUT2D eigenvalue weighted by Gasteiger charge is 2.35. The molecule has 18 heavy (non-hydrogen) atoms. The Morgan fingerprint density at radius 3 is 2.56 bits per heavy atom. The van der Waals surface area contributed by atoms with Crippen molar-refractivity contribution < 1.29 is 9.59 Å². The Kier molecular flexibility index (Phi) is 4.25. The molecule has 2 rings (SSSR count). The second-order valence-corrected chi connectivity index (χ2v) is 5.73. The summed E-state index contributed by atoms with van der Waals surface area (Å²) in [6.07, 6.45) is 7.65. The van der Waals surface area contributed by atoms with E-state index in [0.717, 1.165) is 18.9 Å². The maximum Gasteiger partial charge on any atom is 0.245 e. The summed E-state index contributed by atoms with van der Waals surface area (Å²) >= 11 is 0. The van der Waals surface area contributed by atoms with Gasteiger partial charge < -0.3 is 10.2 Å². The number of piperazine rings is 1. The molecule has 1 heterocycles. The zero-order valence-electron chi connectivity index (χ0n) is 11.4. The van der Waals surface area contributed by atoms with Crippen LogP contribution in [0.2, 0.25) is 0 Å². The Balaban J connectivity index is 1.82. The highest BCUT2D eigenvalue weighted by atomic mass is 16.2. The van der Waals surface area contributed by atoms with Crippen LogP contribution in [-0.2, 0) is 9.59 Å². The fraction of sp³-hybridized carbons (Fsp3) is 0.857. The molecule has 1 N–H and O–H groups in total. The molecule has 2 fully saturated rings. The van der Waals surface area contributed by atoms with E-state index in [1.54, 1.807) is 11.8 Å². The minimum atomic E-state index is -0.361. The molecule has 0 aromatic carbocycles. The van der Waals surface area contributed by atoms with Gasteiger partial charge in [-0.2, -0.15) is 0 Å². The quantitative estimate of drug-likeness (QED) is 0.827. The van der Waals surface area contributed by atoms with E-state index in [2.05, 4.69) is 5.32 Å². The summed E-state index contributed by atoms with van der Waals surface area (Å²) in [7, 11) is 0. The molecule has 2 amide bonds. The first-order chi connectivity index (χ1) is 8.59. The van der Waals surface area contributed by atoms with Gasteiger partial charge in [-0.25, -0.2) is 0 Å². The topological polar surface area (TPSA) is 49.4 Å².